The first-order valence-corrected chi connectivity index (χ1v) is 7.59. The fourth-order valence-electron chi connectivity index (χ4n) is 2.27. The molecule has 0 aromatic heterocycles. The molecule has 0 radical (unpaired) electrons. The van der Waals surface area contributed by atoms with Gasteiger partial charge in [-0.3, -0.25) is 4.79 Å². The number of rotatable bonds is 8. The van der Waals surface area contributed by atoms with Crippen LogP contribution in [0, 0.1) is 5.82 Å². The summed E-state index contributed by atoms with van der Waals surface area (Å²) in [6, 6.07) is 5.08. The van der Waals surface area contributed by atoms with Crippen molar-refractivity contribution in [3.8, 4) is 0 Å². The number of halogens is 1. The molecule has 0 unspecified atom stereocenters. The van der Waals surface area contributed by atoms with Crippen LogP contribution in [0.15, 0.2) is 18.2 Å². The smallest absolute Gasteiger partial charge is 0.239 e. The third-order valence-electron chi connectivity index (χ3n) is 3.52. The number of carbonyl (C=O) groups is 1. The lowest BCUT2D eigenvalue weighted by Crippen LogP contribution is -2.36. The van der Waals surface area contributed by atoms with Gasteiger partial charge in [0.15, 0.2) is 0 Å². The Morgan fingerprint density at radius 2 is 2.19 bits per heavy atom. The number of benzene rings is 1. The van der Waals surface area contributed by atoms with Crippen molar-refractivity contribution in [2.24, 2.45) is 0 Å². The lowest BCUT2D eigenvalue weighted by molar-refractivity contribution is -0.119. The van der Waals surface area contributed by atoms with E-state index in [1.54, 1.807) is 6.07 Å². The highest BCUT2D eigenvalue weighted by Crippen LogP contribution is 2.21. The molecular weight excluding hydrogens is 269 g/mol. The molecule has 0 saturated heterocycles. The highest BCUT2D eigenvalue weighted by molar-refractivity contribution is 5.82. The number of amides is 1. The molecule has 5 heteroatoms. The highest BCUT2D eigenvalue weighted by atomic mass is 19.1. The average molecular weight is 293 g/mol. The number of nitrogens with one attached hydrogen (secondary N) is 2. The van der Waals surface area contributed by atoms with Gasteiger partial charge in [-0.15, -0.1) is 0 Å². The van der Waals surface area contributed by atoms with E-state index in [4.69, 9.17) is 0 Å². The van der Waals surface area contributed by atoms with Gasteiger partial charge in [-0.25, -0.2) is 4.39 Å². The Bertz CT molecular complexity index is 488. The van der Waals surface area contributed by atoms with Crippen LogP contribution in [0.1, 0.15) is 31.7 Å². The van der Waals surface area contributed by atoms with E-state index in [9.17, 15) is 9.18 Å². The van der Waals surface area contributed by atoms with Gasteiger partial charge in [-0.1, -0.05) is 6.92 Å². The molecule has 4 nitrogen and oxygen atoms in total. The molecule has 0 bridgehead atoms. The first-order chi connectivity index (χ1) is 10.1. The minimum atomic E-state index is -0.247. The summed E-state index contributed by atoms with van der Waals surface area (Å²) in [6.07, 6.45) is 3.20. The van der Waals surface area contributed by atoms with Crippen LogP contribution < -0.4 is 15.5 Å². The maximum atomic E-state index is 13.4. The monoisotopic (exact) mass is 293 g/mol. The van der Waals surface area contributed by atoms with Crippen LogP contribution in [0.2, 0.25) is 0 Å². The van der Waals surface area contributed by atoms with Crippen molar-refractivity contribution >= 4 is 11.6 Å². The summed E-state index contributed by atoms with van der Waals surface area (Å²) < 4.78 is 13.4. The molecule has 2 rings (SSSR count). The molecular formula is C16H24FN3O. The molecule has 0 atom stereocenters. The molecule has 1 aromatic rings. The van der Waals surface area contributed by atoms with Crippen LogP contribution in [-0.2, 0) is 11.3 Å². The molecule has 0 heterocycles. The predicted molar refractivity (Wildman–Crippen MR) is 82.8 cm³/mol. The quantitative estimate of drug-likeness (QED) is 0.721. The van der Waals surface area contributed by atoms with Crippen molar-refractivity contribution in [2.45, 2.75) is 38.8 Å². The largest absolute Gasteiger partial charge is 0.365 e. The van der Waals surface area contributed by atoms with Crippen LogP contribution in [0.3, 0.4) is 0 Å². The second-order valence-corrected chi connectivity index (χ2v) is 5.65. The average Bonchev–Trinajstić information content (AvgIpc) is 3.22. The van der Waals surface area contributed by atoms with Gasteiger partial charge in [0.2, 0.25) is 5.91 Å². The topological polar surface area (TPSA) is 44.4 Å². The summed E-state index contributed by atoms with van der Waals surface area (Å²) in [5, 5.41) is 6.24. The number of hydrogen-bond donors (Lipinski definition) is 2. The zero-order valence-corrected chi connectivity index (χ0v) is 12.8. The Balaban J connectivity index is 1.99. The molecule has 1 amide bonds. The van der Waals surface area contributed by atoms with Gasteiger partial charge in [0.1, 0.15) is 5.82 Å². The maximum Gasteiger partial charge on any atom is 0.239 e. The second kappa shape index (κ2) is 7.41. The van der Waals surface area contributed by atoms with Gasteiger partial charge in [0.25, 0.3) is 0 Å². The SMILES string of the molecule is CCCNCc1cc(F)ccc1N(C)CC(=O)NC1CC1. The summed E-state index contributed by atoms with van der Waals surface area (Å²) in [6.45, 7) is 3.88. The molecule has 1 fully saturated rings. The minimum absolute atomic E-state index is 0.0248. The summed E-state index contributed by atoms with van der Waals surface area (Å²) in [5.41, 5.74) is 1.77. The van der Waals surface area contributed by atoms with Crippen molar-refractivity contribution in [2.75, 3.05) is 25.0 Å². The van der Waals surface area contributed by atoms with Crippen LogP contribution in [-0.4, -0.2) is 32.1 Å². The maximum absolute atomic E-state index is 13.4. The zero-order valence-electron chi connectivity index (χ0n) is 12.8. The number of likely N-dealkylation sites (N-methyl/N-ethyl adjacent to an activating group) is 1. The molecule has 1 saturated carbocycles. The Hall–Kier alpha value is -1.62. The fourth-order valence-corrected chi connectivity index (χ4v) is 2.27. The summed E-state index contributed by atoms with van der Waals surface area (Å²) in [7, 11) is 1.86. The lowest BCUT2D eigenvalue weighted by Gasteiger charge is -2.22. The van der Waals surface area contributed by atoms with E-state index in [0.717, 1.165) is 37.1 Å². The molecule has 2 N–H and O–H groups in total. The predicted octanol–water partition coefficient (Wildman–Crippen LogP) is 2.04. The molecule has 1 aliphatic carbocycles. The van der Waals surface area contributed by atoms with Crippen LogP contribution in [0.4, 0.5) is 10.1 Å². The highest BCUT2D eigenvalue weighted by Gasteiger charge is 2.23. The summed E-state index contributed by atoms with van der Waals surface area (Å²) in [4.78, 5) is 13.7. The fraction of sp³-hybridized carbons (Fsp3) is 0.562. The van der Waals surface area contributed by atoms with E-state index >= 15 is 0 Å². The van der Waals surface area contributed by atoms with E-state index in [1.807, 2.05) is 11.9 Å². The molecule has 116 valence electrons. The normalized spacial score (nSPS) is 14.0. The summed E-state index contributed by atoms with van der Waals surface area (Å²) >= 11 is 0. The molecule has 1 aromatic carbocycles. The third-order valence-corrected chi connectivity index (χ3v) is 3.52. The van der Waals surface area contributed by atoms with Crippen LogP contribution >= 0.6 is 0 Å². The molecule has 0 spiro atoms. The lowest BCUT2D eigenvalue weighted by atomic mass is 10.1. The van der Waals surface area contributed by atoms with Crippen LogP contribution in [0.5, 0.6) is 0 Å². The Morgan fingerprint density at radius 3 is 2.86 bits per heavy atom. The van der Waals surface area contributed by atoms with Crippen LogP contribution in [0.25, 0.3) is 0 Å². The number of hydrogen-bond acceptors (Lipinski definition) is 3. The Labute approximate surface area is 125 Å². The molecule has 1 aliphatic rings. The Kier molecular flexibility index (Phi) is 5.56. The Morgan fingerprint density at radius 1 is 1.43 bits per heavy atom. The first-order valence-electron chi connectivity index (χ1n) is 7.59. The summed E-state index contributed by atoms with van der Waals surface area (Å²) in [5.74, 6) is -0.223. The van der Waals surface area contributed by atoms with E-state index in [-0.39, 0.29) is 11.7 Å². The van der Waals surface area contributed by atoms with Crippen molar-refractivity contribution in [3.63, 3.8) is 0 Å². The van der Waals surface area contributed by atoms with Gasteiger partial charge in [-0.2, -0.15) is 0 Å². The molecule has 0 aliphatic heterocycles. The minimum Gasteiger partial charge on any atom is -0.365 e. The van der Waals surface area contributed by atoms with Gasteiger partial charge < -0.3 is 15.5 Å². The van der Waals surface area contributed by atoms with E-state index in [2.05, 4.69) is 17.6 Å². The van der Waals surface area contributed by atoms with Gasteiger partial charge in [-0.05, 0) is 49.6 Å². The van der Waals surface area contributed by atoms with Gasteiger partial charge >= 0.3 is 0 Å². The van der Waals surface area contributed by atoms with Crippen molar-refractivity contribution in [1.82, 2.24) is 10.6 Å². The van der Waals surface area contributed by atoms with Gasteiger partial charge in [0, 0.05) is 25.3 Å². The van der Waals surface area contributed by atoms with Gasteiger partial charge in [0.05, 0.1) is 6.54 Å². The van der Waals surface area contributed by atoms with Crippen molar-refractivity contribution in [3.05, 3.63) is 29.6 Å². The van der Waals surface area contributed by atoms with E-state index < -0.39 is 0 Å². The number of carbonyl (C=O) groups excluding carboxylic acids is 1. The third kappa shape index (κ3) is 5.01. The van der Waals surface area contributed by atoms with E-state index in [0.29, 0.717) is 19.1 Å². The number of anilines is 1. The standard InChI is InChI=1S/C16H24FN3O/c1-3-8-18-10-12-9-13(17)4-7-15(12)20(2)11-16(21)19-14-5-6-14/h4,7,9,14,18H,3,5-6,8,10-11H2,1-2H3,(H,19,21). The molecule has 21 heavy (non-hydrogen) atoms. The first kappa shape index (κ1) is 15.8. The second-order valence-electron chi connectivity index (χ2n) is 5.65. The zero-order chi connectivity index (χ0) is 15.2. The van der Waals surface area contributed by atoms with Crippen molar-refractivity contribution < 1.29 is 9.18 Å². The number of nitrogens with zero attached hydrogens (tertiary/aromatic N) is 1. The van der Waals surface area contributed by atoms with Crippen molar-refractivity contribution in [1.29, 1.82) is 0 Å². The van der Waals surface area contributed by atoms with E-state index in [1.165, 1.54) is 12.1 Å².